The third-order valence-corrected chi connectivity index (χ3v) is 5.50. The molecule has 0 aromatic carbocycles. The molecule has 1 N–H and O–H groups in total. The average Bonchev–Trinajstić information content (AvgIpc) is 2.82. The number of rotatable bonds is 2. The molecule has 1 saturated carbocycles. The van der Waals surface area contributed by atoms with Gasteiger partial charge in [0.1, 0.15) is 0 Å². The highest BCUT2D eigenvalue weighted by molar-refractivity contribution is 5.88. The maximum absolute atomic E-state index is 12.6. The molecule has 4 rings (SSSR count). The van der Waals surface area contributed by atoms with Crippen molar-refractivity contribution in [2.45, 2.75) is 38.1 Å². The Labute approximate surface area is 129 Å². The van der Waals surface area contributed by atoms with Gasteiger partial charge in [0.25, 0.3) is 5.95 Å². The molecule has 3 fully saturated rings. The summed E-state index contributed by atoms with van der Waals surface area (Å²) in [5.41, 5.74) is 0.370. The number of likely N-dealkylation sites (tertiary alicyclic amines) is 1. The van der Waals surface area contributed by atoms with E-state index in [1.165, 1.54) is 24.1 Å². The number of tetrazole rings is 1. The number of nitrogens with one attached hydrogen (secondary N) is 1. The molecule has 1 unspecified atom stereocenters. The normalized spacial score (nSPS) is 27.3. The number of nitrogens with zero attached hydrogens (tertiary/aromatic N) is 5. The molecule has 1 atom stereocenters. The van der Waals surface area contributed by atoms with Crippen molar-refractivity contribution in [2.75, 3.05) is 25.1 Å². The molecule has 120 valence electrons. The highest BCUT2D eigenvalue weighted by Crippen LogP contribution is 2.56. The summed E-state index contributed by atoms with van der Waals surface area (Å²) in [5, 5.41) is 14.4. The highest BCUT2D eigenvalue weighted by Gasteiger charge is 2.59. The van der Waals surface area contributed by atoms with Crippen molar-refractivity contribution in [3.63, 3.8) is 0 Å². The van der Waals surface area contributed by atoms with Crippen LogP contribution in [0.4, 0.5) is 10.7 Å². The second kappa shape index (κ2) is 5.19. The Morgan fingerprint density at radius 1 is 1.36 bits per heavy atom. The third kappa shape index (κ3) is 2.16. The zero-order chi connectivity index (χ0) is 15.2. The van der Waals surface area contributed by atoms with Crippen molar-refractivity contribution >= 4 is 12.0 Å². The maximum Gasteiger partial charge on any atom is 0.324 e. The monoisotopic (exact) mass is 306 g/mol. The van der Waals surface area contributed by atoms with Crippen molar-refractivity contribution in [1.29, 1.82) is 0 Å². The number of ether oxygens (including phenoxy) is 1. The fraction of sp³-hybridized carbons (Fsp3) is 0.857. The first-order valence-corrected chi connectivity index (χ1v) is 8.07. The molecule has 2 aliphatic heterocycles. The van der Waals surface area contributed by atoms with Crippen molar-refractivity contribution in [3.05, 3.63) is 0 Å². The molecule has 0 radical (unpaired) electrons. The summed E-state index contributed by atoms with van der Waals surface area (Å²) >= 11 is 0. The quantitative estimate of drug-likeness (QED) is 0.882. The topological polar surface area (TPSA) is 85.2 Å². The van der Waals surface area contributed by atoms with E-state index >= 15 is 0 Å². The Kier molecular flexibility index (Phi) is 3.28. The van der Waals surface area contributed by atoms with Crippen LogP contribution in [0.25, 0.3) is 0 Å². The van der Waals surface area contributed by atoms with Crippen LogP contribution in [0.1, 0.15) is 32.1 Å². The smallest absolute Gasteiger partial charge is 0.324 e. The fourth-order valence-corrected chi connectivity index (χ4v) is 4.32. The summed E-state index contributed by atoms with van der Waals surface area (Å²) in [7, 11) is 1.68. The van der Waals surface area contributed by atoms with Gasteiger partial charge in [0.05, 0.1) is 7.05 Å². The Bertz CT molecular complexity index is 563. The molecule has 3 heterocycles. The lowest BCUT2D eigenvalue weighted by Crippen LogP contribution is -2.72. The number of carbonyl (C=O) groups is 1. The van der Waals surface area contributed by atoms with Crippen molar-refractivity contribution in [3.8, 4) is 0 Å². The van der Waals surface area contributed by atoms with E-state index in [1.54, 1.807) is 7.05 Å². The van der Waals surface area contributed by atoms with Gasteiger partial charge in [-0.05, 0) is 36.8 Å². The molecule has 22 heavy (non-hydrogen) atoms. The number of hydrogen-bond acceptors (Lipinski definition) is 5. The number of urea groups is 1. The summed E-state index contributed by atoms with van der Waals surface area (Å²) in [6.45, 7) is 2.50. The predicted molar refractivity (Wildman–Crippen MR) is 78.1 cm³/mol. The molecule has 1 aromatic heterocycles. The van der Waals surface area contributed by atoms with Gasteiger partial charge < -0.3 is 9.64 Å². The molecule has 8 nitrogen and oxygen atoms in total. The second-order valence-electron chi connectivity index (χ2n) is 6.77. The van der Waals surface area contributed by atoms with Crippen molar-refractivity contribution < 1.29 is 9.53 Å². The number of carbonyl (C=O) groups excluding carboxylic acids is 1. The van der Waals surface area contributed by atoms with Gasteiger partial charge in [-0.2, -0.15) is 4.80 Å². The minimum Gasteiger partial charge on any atom is -0.381 e. The Morgan fingerprint density at radius 3 is 2.73 bits per heavy atom. The van der Waals surface area contributed by atoms with Gasteiger partial charge in [-0.15, -0.1) is 5.10 Å². The standard InChI is InChI=1S/C14H22N6O2/c1-19-17-12(16-18-19)15-13(21)20-9-14(5-2-6-14)11(20)10-3-7-22-8-4-10/h10-11H,2-9H2,1H3,(H,15,17,21). The summed E-state index contributed by atoms with van der Waals surface area (Å²) in [6.07, 6.45) is 5.91. The number of amides is 2. The molecule has 8 heteroatoms. The lowest BCUT2D eigenvalue weighted by molar-refractivity contribution is -0.135. The van der Waals surface area contributed by atoms with Crippen molar-refractivity contribution in [1.82, 2.24) is 25.1 Å². The van der Waals surface area contributed by atoms with Gasteiger partial charge in [-0.1, -0.05) is 11.5 Å². The van der Waals surface area contributed by atoms with Crippen LogP contribution in [0, 0.1) is 11.3 Å². The van der Waals surface area contributed by atoms with E-state index in [0.29, 0.717) is 17.4 Å². The highest BCUT2D eigenvalue weighted by atomic mass is 16.5. The van der Waals surface area contributed by atoms with Crippen LogP contribution < -0.4 is 5.32 Å². The first-order valence-electron chi connectivity index (χ1n) is 8.07. The zero-order valence-corrected chi connectivity index (χ0v) is 12.9. The Morgan fingerprint density at radius 2 is 2.14 bits per heavy atom. The van der Waals surface area contributed by atoms with E-state index in [0.717, 1.165) is 32.6 Å². The van der Waals surface area contributed by atoms with E-state index < -0.39 is 0 Å². The molecule has 1 aromatic rings. The molecule has 3 aliphatic rings. The van der Waals surface area contributed by atoms with Gasteiger partial charge in [-0.3, -0.25) is 5.32 Å². The number of hydrogen-bond donors (Lipinski definition) is 1. The lowest BCUT2D eigenvalue weighted by Gasteiger charge is -2.64. The van der Waals surface area contributed by atoms with E-state index in [1.807, 2.05) is 4.90 Å². The lowest BCUT2D eigenvalue weighted by atomic mass is 9.54. The van der Waals surface area contributed by atoms with Crippen LogP contribution in [0.2, 0.25) is 0 Å². The van der Waals surface area contributed by atoms with Crippen LogP contribution in [0.3, 0.4) is 0 Å². The fourth-order valence-electron chi connectivity index (χ4n) is 4.32. The van der Waals surface area contributed by atoms with Crippen LogP contribution in [0.5, 0.6) is 0 Å². The van der Waals surface area contributed by atoms with Gasteiger partial charge >= 0.3 is 6.03 Å². The summed E-state index contributed by atoms with van der Waals surface area (Å²) < 4.78 is 5.48. The number of anilines is 1. The van der Waals surface area contributed by atoms with Crippen LogP contribution in [-0.4, -0.2) is 56.9 Å². The largest absolute Gasteiger partial charge is 0.381 e. The van der Waals surface area contributed by atoms with Gasteiger partial charge in [0.15, 0.2) is 0 Å². The van der Waals surface area contributed by atoms with Gasteiger partial charge in [0.2, 0.25) is 0 Å². The van der Waals surface area contributed by atoms with Crippen LogP contribution in [-0.2, 0) is 11.8 Å². The number of aryl methyl sites for hydroxylation is 1. The van der Waals surface area contributed by atoms with Gasteiger partial charge in [-0.25, -0.2) is 4.79 Å². The summed E-state index contributed by atoms with van der Waals surface area (Å²) in [6, 6.07) is 0.254. The number of aromatic nitrogens is 4. The maximum atomic E-state index is 12.6. The Balaban J connectivity index is 1.47. The average molecular weight is 306 g/mol. The van der Waals surface area contributed by atoms with E-state index in [9.17, 15) is 4.79 Å². The molecule has 1 aliphatic carbocycles. The summed E-state index contributed by atoms with van der Waals surface area (Å²) in [5.74, 6) is 0.830. The minimum atomic E-state index is -0.0954. The SMILES string of the molecule is Cn1nnc(NC(=O)N2CC3(CCC3)C2C2CCOCC2)n1. The predicted octanol–water partition coefficient (Wildman–Crippen LogP) is 1.02. The molecular weight excluding hydrogens is 284 g/mol. The second-order valence-corrected chi connectivity index (χ2v) is 6.77. The first-order chi connectivity index (χ1) is 10.7. The molecule has 2 amide bonds. The van der Waals surface area contributed by atoms with E-state index in [2.05, 4.69) is 20.7 Å². The summed E-state index contributed by atoms with van der Waals surface area (Å²) in [4.78, 5) is 15.9. The Hall–Kier alpha value is -1.70. The molecule has 1 spiro atoms. The minimum absolute atomic E-state index is 0.0954. The third-order valence-electron chi connectivity index (χ3n) is 5.50. The first kappa shape index (κ1) is 13.9. The van der Waals surface area contributed by atoms with Crippen molar-refractivity contribution in [2.24, 2.45) is 18.4 Å². The van der Waals surface area contributed by atoms with Crippen LogP contribution in [0.15, 0.2) is 0 Å². The molecule has 2 saturated heterocycles. The molecule has 0 bridgehead atoms. The zero-order valence-electron chi connectivity index (χ0n) is 12.9. The van der Waals surface area contributed by atoms with E-state index in [-0.39, 0.29) is 12.0 Å². The van der Waals surface area contributed by atoms with Crippen LogP contribution >= 0.6 is 0 Å². The van der Waals surface area contributed by atoms with Gasteiger partial charge in [0, 0.05) is 31.2 Å². The molecular formula is C14H22N6O2. The van der Waals surface area contributed by atoms with E-state index in [4.69, 9.17) is 4.74 Å².